The zero-order chi connectivity index (χ0) is 12.1. The maximum Gasteiger partial charge on any atom is 0.162 e. The first kappa shape index (κ1) is 12.8. The monoisotopic (exact) mass is 225 g/mol. The van der Waals surface area contributed by atoms with Gasteiger partial charge in [0.05, 0.1) is 0 Å². The fraction of sp³-hybridized carbons (Fsp3) is 0.385. The summed E-state index contributed by atoms with van der Waals surface area (Å²) in [6, 6.07) is 4.31. The molecule has 0 amide bonds. The second-order valence-corrected chi connectivity index (χ2v) is 4.06. The molecule has 1 nitrogen and oxygen atoms in total. The molecule has 1 N–H and O–H groups in total. The van der Waals surface area contributed by atoms with Gasteiger partial charge in [0.2, 0.25) is 0 Å². The Bertz CT molecular complexity index is 382. The van der Waals surface area contributed by atoms with Gasteiger partial charge in [-0.05, 0) is 38.9 Å². The van der Waals surface area contributed by atoms with Crippen LogP contribution < -0.4 is 5.32 Å². The Morgan fingerprint density at radius 1 is 1.38 bits per heavy atom. The predicted molar refractivity (Wildman–Crippen MR) is 62.3 cm³/mol. The molecule has 88 valence electrons. The molecule has 0 fully saturated rings. The lowest BCUT2D eigenvalue weighted by atomic mass is 10.0. The number of allylic oxidation sites excluding steroid dienone is 1. The molecule has 1 rings (SSSR count). The summed E-state index contributed by atoms with van der Waals surface area (Å²) < 4.78 is 26.4. The summed E-state index contributed by atoms with van der Waals surface area (Å²) in [5.74, 6) is -1.53. The zero-order valence-corrected chi connectivity index (χ0v) is 9.85. The van der Waals surface area contributed by atoms with Crippen LogP contribution in [0.2, 0.25) is 0 Å². The molecule has 1 aromatic carbocycles. The van der Waals surface area contributed by atoms with E-state index >= 15 is 0 Å². The van der Waals surface area contributed by atoms with Crippen LogP contribution in [-0.4, -0.2) is 13.1 Å². The van der Waals surface area contributed by atoms with Crippen molar-refractivity contribution in [3.8, 4) is 0 Å². The smallest absolute Gasteiger partial charge is 0.162 e. The van der Waals surface area contributed by atoms with Gasteiger partial charge in [-0.2, -0.15) is 0 Å². The summed E-state index contributed by atoms with van der Waals surface area (Å²) in [6.45, 7) is 3.96. The highest BCUT2D eigenvalue weighted by Gasteiger charge is 2.11. The fourth-order valence-corrected chi connectivity index (χ4v) is 1.59. The highest BCUT2D eigenvalue weighted by atomic mass is 19.2. The molecule has 0 spiro atoms. The number of hydrogen-bond donors (Lipinski definition) is 1. The van der Waals surface area contributed by atoms with Crippen LogP contribution >= 0.6 is 0 Å². The van der Waals surface area contributed by atoms with Gasteiger partial charge in [0.25, 0.3) is 0 Å². The third-order valence-corrected chi connectivity index (χ3v) is 2.38. The Morgan fingerprint density at radius 3 is 2.62 bits per heavy atom. The lowest BCUT2D eigenvalue weighted by molar-refractivity contribution is 0.493. The first-order valence-electron chi connectivity index (χ1n) is 5.29. The standard InChI is InChI=1S/C13H17F2N/c1-9(2)7-11(16-3)8-10-5-4-6-12(14)13(10)15/h4-7,11,16H,8H2,1-3H3. The van der Waals surface area contributed by atoms with Crippen molar-refractivity contribution >= 4 is 0 Å². The van der Waals surface area contributed by atoms with E-state index in [4.69, 9.17) is 0 Å². The molecule has 0 aromatic heterocycles. The molecule has 1 unspecified atom stereocenters. The maximum atomic E-state index is 13.4. The van der Waals surface area contributed by atoms with Gasteiger partial charge in [0.1, 0.15) is 0 Å². The van der Waals surface area contributed by atoms with E-state index in [2.05, 4.69) is 5.32 Å². The molecule has 0 saturated heterocycles. The molecule has 0 heterocycles. The first-order chi connectivity index (χ1) is 7.54. The summed E-state index contributed by atoms with van der Waals surface area (Å²) in [4.78, 5) is 0. The zero-order valence-electron chi connectivity index (χ0n) is 9.85. The van der Waals surface area contributed by atoms with Crippen molar-refractivity contribution in [2.75, 3.05) is 7.05 Å². The quantitative estimate of drug-likeness (QED) is 0.776. The minimum Gasteiger partial charge on any atom is -0.313 e. The molecule has 0 saturated carbocycles. The van der Waals surface area contributed by atoms with Crippen LogP contribution in [0.5, 0.6) is 0 Å². The molecule has 0 radical (unpaired) electrons. The van der Waals surface area contributed by atoms with Crippen molar-refractivity contribution in [2.45, 2.75) is 26.3 Å². The fourth-order valence-electron chi connectivity index (χ4n) is 1.59. The second kappa shape index (κ2) is 5.75. The normalized spacial score (nSPS) is 12.3. The van der Waals surface area contributed by atoms with Crippen molar-refractivity contribution in [3.05, 3.63) is 47.0 Å². The second-order valence-electron chi connectivity index (χ2n) is 4.06. The highest BCUT2D eigenvalue weighted by Crippen LogP contribution is 2.14. The summed E-state index contributed by atoms with van der Waals surface area (Å²) in [6.07, 6.45) is 2.45. The average Bonchev–Trinajstić information content (AvgIpc) is 2.23. The summed E-state index contributed by atoms with van der Waals surface area (Å²) >= 11 is 0. The molecule has 0 aliphatic heterocycles. The molecular weight excluding hydrogens is 208 g/mol. The summed E-state index contributed by atoms with van der Waals surface area (Å²) in [5, 5.41) is 3.06. The molecule has 1 aromatic rings. The lowest BCUT2D eigenvalue weighted by Crippen LogP contribution is -2.26. The van der Waals surface area contributed by atoms with Crippen LogP contribution in [0.3, 0.4) is 0 Å². The van der Waals surface area contributed by atoms with Gasteiger partial charge in [-0.15, -0.1) is 0 Å². The molecule has 0 aliphatic rings. The van der Waals surface area contributed by atoms with Crippen LogP contribution in [0.15, 0.2) is 29.8 Å². The van der Waals surface area contributed by atoms with Crippen LogP contribution in [-0.2, 0) is 6.42 Å². The van der Waals surface area contributed by atoms with Crippen molar-refractivity contribution in [1.82, 2.24) is 5.32 Å². The van der Waals surface area contributed by atoms with Gasteiger partial charge >= 0.3 is 0 Å². The predicted octanol–water partition coefficient (Wildman–Crippen LogP) is 3.06. The van der Waals surface area contributed by atoms with Crippen molar-refractivity contribution in [1.29, 1.82) is 0 Å². The average molecular weight is 225 g/mol. The number of hydrogen-bond acceptors (Lipinski definition) is 1. The number of halogens is 2. The highest BCUT2D eigenvalue weighted by molar-refractivity contribution is 5.21. The molecule has 0 bridgehead atoms. The maximum absolute atomic E-state index is 13.4. The Labute approximate surface area is 95.2 Å². The number of rotatable bonds is 4. The van der Waals surface area contributed by atoms with E-state index in [-0.39, 0.29) is 6.04 Å². The van der Waals surface area contributed by atoms with Crippen molar-refractivity contribution in [2.24, 2.45) is 0 Å². The molecule has 0 aliphatic carbocycles. The lowest BCUT2D eigenvalue weighted by Gasteiger charge is -2.13. The van der Waals surface area contributed by atoms with Gasteiger partial charge in [-0.1, -0.05) is 23.8 Å². The Hall–Kier alpha value is -1.22. The minimum atomic E-state index is -0.787. The number of likely N-dealkylation sites (N-methyl/N-ethyl adjacent to an activating group) is 1. The van der Waals surface area contributed by atoms with E-state index in [1.807, 2.05) is 19.9 Å². The SMILES string of the molecule is CNC(C=C(C)C)Cc1cccc(F)c1F. The van der Waals surface area contributed by atoms with E-state index < -0.39 is 11.6 Å². The third-order valence-electron chi connectivity index (χ3n) is 2.38. The molecule has 16 heavy (non-hydrogen) atoms. The Kier molecular flexibility index (Phi) is 4.62. The largest absolute Gasteiger partial charge is 0.313 e. The van der Waals surface area contributed by atoms with Gasteiger partial charge in [0.15, 0.2) is 11.6 Å². The van der Waals surface area contributed by atoms with Crippen LogP contribution in [0.4, 0.5) is 8.78 Å². The molecule has 1 atom stereocenters. The molecule has 3 heteroatoms. The van der Waals surface area contributed by atoms with Crippen molar-refractivity contribution < 1.29 is 8.78 Å². The number of nitrogens with one attached hydrogen (secondary N) is 1. The van der Waals surface area contributed by atoms with E-state index in [0.29, 0.717) is 12.0 Å². The minimum absolute atomic E-state index is 0.0290. The van der Waals surface area contributed by atoms with Crippen LogP contribution in [0.1, 0.15) is 19.4 Å². The van der Waals surface area contributed by atoms with Gasteiger partial charge in [-0.3, -0.25) is 0 Å². The van der Waals surface area contributed by atoms with E-state index in [9.17, 15) is 8.78 Å². The Balaban J connectivity index is 2.86. The van der Waals surface area contributed by atoms with Crippen LogP contribution in [0, 0.1) is 11.6 Å². The van der Waals surface area contributed by atoms with Gasteiger partial charge in [0, 0.05) is 6.04 Å². The Morgan fingerprint density at radius 2 is 2.06 bits per heavy atom. The topological polar surface area (TPSA) is 12.0 Å². The van der Waals surface area contributed by atoms with E-state index in [1.54, 1.807) is 13.1 Å². The van der Waals surface area contributed by atoms with E-state index in [0.717, 1.165) is 11.6 Å². The summed E-state index contributed by atoms with van der Waals surface area (Å²) in [5.41, 5.74) is 1.55. The van der Waals surface area contributed by atoms with Gasteiger partial charge < -0.3 is 5.32 Å². The van der Waals surface area contributed by atoms with Crippen LogP contribution in [0.25, 0.3) is 0 Å². The van der Waals surface area contributed by atoms with Gasteiger partial charge in [-0.25, -0.2) is 8.78 Å². The van der Waals surface area contributed by atoms with Crippen molar-refractivity contribution in [3.63, 3.8) is 0 Å². The summed E-state index contributed by atoms with van der Waals surface area (Å²) in [7, 11) is 1.81. The third kappa shape index (κ3) is 3.42. The van der Waals surface area contributed by atoms with E-state index in [1.165, 1.54) is 6.07 Å². The first-order valence-corrected chi connectivity index (χ1v) is 5.29. The number of benzene rings is 1. The molecular formula is C13H17F2N.